The zero-order chi connectivity index (χ0) is 22.4. The maximum absolute atomic E-state index is 5.65. The highest BCUT2D eigenvalue weighted by Gasteiger charge is 2.52. The topological polar surface area (TPSA) is 68.5 Å². The van der Waals surface area contributed by atoms with Crippen molar-refractivity contribution in [1.82, 2.24) is 30.0 Å². The fourth-order valence-electron chi connectivity index (χ4n) is 6.12. The average molecular weight is 447 g/mol. The van der Waals surface area contributed by atoms with E-state index in [1.54, 1.807) is 14.2 Å². The molecule has 3 aromatic rings. The van der Waals surface area contributed by atoms with Crippen LogP contribution in [-0.2, 0) is 25.0 Å². The maximum atomic E-state index is 5.65. The second-order valence-electron chi connectivity index (χ2n) is 9.34. The monoisotopic (exact) mass is 446 g/mol. The van der Waals surface area contributed by atoms with Crippen LogP contribution in [0, 0.1) is 0 Å². The van der Waals surface area contributed by atoms with Crippen LogP contribution < -0.4 is 9.47 Å². The maximum Gasteiger partial charge on any atom is 0.171 e. The molecule has 0 N–H and O–H groups in total. The summed E-state index contributed by atoms with van der Waals surface area (Å²) in [5, 5.41) is 13.0. The van der Waals surface area contributed by atoms with Gasteiger partial charge in [0.15, 0.2) is 17.3 Å². The number of piperidine rings is 1. The van der Waals surface area contributed by atoms with Gasteiger partial charge >= 0.3 is 0 Å². The van der Waals surface area contributed by atoms with Crippen molar-refractivity contribution < 1.29 is 9.47 Å². The summed E-state index contributed by atoms with van der Waals surface area (Å²) in [5.74, 6) is 2.61. The average Bonchev–Trinajstić information content (AvgIpc) is 3.34. The minimum Gasteiger partial charge on any atom is -0.493 e. The first-order valence-electron chi connectivity index (χ1n) is 11.8. The largest absolute Gasteiger partial charge is 0.493 e. The van der Waals surface area contributed by atoms with E-state index in [2.05, 4.69) is 67.8 Å². The molecule has 0 amide bonds. The molecule has 8 nitrogen and oxygen atoms in total. The first-order chi connectivity index (χ1) is 16.2. The van der Waals surface area contributed by atoms with Gasteiger partial charge in [-0.2, -0.15) is 0 Å². The number of methoxy groups -OCH3 is 2. The van der Waals surface area contributed by atoms with Gasteiger partial charge in [-0.25, -0.2) is 4.68 Å². The van der Waals surface area contributed by atoms with Crippen molar-refractivity contribution in [2.75, 3.05) is 33.9 Å². The normalized spacial score (nSPS) is 21.8. The second-order valence-corrected chi connectivity index (χ2v) is 9.34. The van der Waals surface area contributed by atoms with E-state index in [0.717, 1.165) is 69.3 Å². The number of hydrogen-bond donors (Lipinski definition) is 0. The molecule has 3 aliphatic rings. The minimum atomic E-state index is -0.134. The molecule has 0 aliphatic carbocycles. The van der Waals surface area contributed by atoms with Crippen molar-refractivity contribution >= 4 is 0 Å². The van der Waals surface area contributed by atoms with Crippen LogP contribution in [0.4, 0.5) is 0 Å². The number of ether oxygens (including phenoxy) is 2. The zero-order valence-electron chi connectivity index (χ0n) is 19.3. The highest BCUT2D eigenvalue weighted by Crippen LogP contribution is 2.50. The van der Waals surface area contributed by atoms with Crippen molar-refractivity contribution in [2.45, 2.75) is 43.9 Å². The Morgan fingerprint density at radius 1 is 1.00 bits per heavy atom. The van der Waals surface area contributed by atoms with E-state index in [0.29, 0.717) is 0 Å². The van der Waals surface area contributed by atoms with E-state index in [4.69, 9.17) is 9.47 Å². The summed E-state index contributed by atoms with van der Waals surface area (Å²) in [6.07, 6.45) is 3.04. The van der Waals surface area contributed by atoms with Gasteiger partial charge in [0.2, 0.25) is 0 Å². The molecule has 1 fully saturated rings. The van der Waals surface area contributed by atoms with Gasteiger partial charge in [-0.15, -0.1) is 5.10 Å². The fourth-order valence-corrected chi connectivity index (χ4v) is 6.12. The Morgan fingerprint density at radius 2 is 1.76 bits per heavy atom. The van der Waals surface area contributed by atoms with Crippen LogP contribution in [0.25, 0.3) is 0 Å². The number of nitrogens with zero attached hydrogens (tertiary/aromatic N) is 6. The Hall–Kier alpha value is -2.97. The summed E-state index contributed by atoms with van der Waals surface area (Å²) >= 11 is 0. The number of benzene rings is 2. The first kappa shape index (κ1) is 20.6. The molecule has 6 rings (SSSR count). The van der Waals surface area contributed by atoms with Gasteiger partial charge < -0.3 is 9.47 Å². The van der Waals surface area contributed by atoms with Gasteiger partial charge in [0.05, 0.1) is 32.3 Å². The molecule has 33 heavy (non-hydrogen) atoms. The lowest BCUT2D eigenvalue weighted by molar-refractivity contribution is -0.0541. The van der Waals surface area contributed by atoms with Crippen LogP contribution >= 0.6 is 0 Å². The SMILES string of the molecule is COc1cc2c(cc1OC)C1Cn3nnnc3C3(CCN(Cc4ccccc4)CC3)N1CC2. The quantitative estimate of drug-likeness (QED) is 0.610. The van der Waals surface area contributed by atoms with Crippen LogP contribution in [0.2, 0.25) is 0 Å². The molecule has 0 saturated carbocycles. The van der Waals surface area contributed by atoms with E-state index >= 15 is 0 Å². The molecule has 8 heteroatoms. The Labute approximate surface area is 194 Å². The van der Waals surface area contributed by atoms with Crippen molar-refractivity contribution in [3.05, 3.63) is 65.0 Å². The highest BCUT2D eigenvalue weighted by molar-refractivity contribution is 5.50. The first-order valence-corrected chi connectivity index (χ1v) is 11.8. The number of tetrazole rings is 1. The van der Waals surface area contributed by atoms with Crippen molar-refractivity contribution in [2.24, 2.45) is 0 Å². The fraction of sp³-hybridized carbons (Fsp3) is 0.480. The number of likely N-dealkylation sites (tertiary alicyclic amines) is 1. The molecule has 172 valence electrons. The molecule has 0 radical (unpaired) electrons. The molecular weight excluding hydrogens is 416 g/mol. The highest BCUT2D eigenvalue weighted by atomic mass is 16.5. The van der Waals surface area contributed by atoms with Crippen LogP contribution in [0.3, 0.4) is 0 Å². The molecule has 1 saturated heterocycles. The van der Waals surface area contributed by atoms with Crippen LogP contribution in [0.15, 0.2) is 42.5 Å². The Balaban J connectivity index is 1.33. The Morgan fingerprint density at radius 3 is 2.52 bits per heavy atom. The van der Waals surface area contributed by atoms with Crippen molar-refractivity contribution in [3.63, 3.8) is 0 Å². The third-order valence-electron chi connectivity index (χ3n) is 7.78. The lowest BCUT2D eigenvalue weighted by Crippen LogP contribution is -2.60. The molecule has 2 aromatic carbocycles. The van der Waals surface area contributed by atoms with Crippen molar-refractivity contribution in [1.29, 1.82) is 0 Å². The van der Waals surface area contributed by atoms with Gasteiger partial charge in [0.25, 0.3) is 0 Å². The minimum absolute atomic E-state index is 0.134. The van der Waals surface area contributed by atoms with Crippen LogP contribution in [-0.4, -0.2) is 63.9 Å². The molecule has 1 atom stereocenters. The van der Waals surface area contributed by atoms with Crippen molar-refractivity contribution in [3.8, 4) is 11.5 Å². The van der Waals surface area contributed by atoms with Crippen LogP contribution in [0.5, 0.6) is 11.5 Å². The van der Waals surface area contributed by atoms with Gasteiger partial charge in [0.1, 0.15) is 0 Å². The van der Waals surface area contributed by atoms with Crippen LogP contribution in [0.1, 0.15) is 41.4 Å². The Kier molecular flexibility index (Phi) is 5.07. The number of fused-ring (bicyclic) bond motifs is 6. The summed E-state index contributed by atoms with van der Waals surface area (Å²) in [6, 6.07) is 15.3. The van der Waals surface area contributed by atoms with Gasteiger partial charge in [-0.1, -0.05) is 30.3 Å². The molecule has 1 aromatic heterocycles. The lowest BCUT2D eigenvalue weighted by atomic mass is 9.78. The van der Waals surface area contributed by atoms with Gasteiger partial charge in [-0.05, 0) is 58.5 Å². The molecular formula is C25H30N6O2. The third kappa shape index (κ3) is 3.31. The summed E-state index contributed by atoms with van der Waals surface area (Å²) in [5.41, 5.74) is 3.88. The lowest BCUT2D eigenvalue weighted by Gasteiger charge is -2.55. The van der Waals surface area contributed by atoms with E-state index in [-0.39, 0.29) is 11.6 Å². The molecule has 1 spiro atoms. The molecule has 3 aliphatic heterocycles. The number of hydrogen-bond acceptors (Lipinski definition) is 7. The smallest absolute Gasteiger partial charge is 0.171 e. The molecule has 0 bridgehead atoms. The second kappa shape index (κ2) is 8.11. The summed E-state index contributed by atoms with van der Waals surface area (Å²) in [6.45, 7) is 4.82. The van der Waals surface area contributed by atoms with E-state index < -0.39 is 0 Å². The van der Waals surface area contributed by atoms with Gasteiger partial charge in [-0.3, -0.25) is 9.80 Å². The Bertz CT molecular complexity index is 1140. The molecule has 1 unspecified atom stereocenters. The number of aromatic nitrogens is 4. The summed E-state index contributed by atoms with van der Waals surface area (Å²) in [7, 11) is 3.40. The van der Waals surface area contributed by atoms with E-state index in [1.807, 2.05) is 4.68 Å². The third-order valence-corrected chi connectivity index (χ3v) is 7.78. The predicted molar refractivity (Wildman–Crippen MR) is 123 cm³/mol. The summed E-state index contributed by atoms with van der Waals surface area (Å²) < 4.78 is 13.3. The number of rotatable bonds is 4. The van der Waals surface area contributed by atoms with Gasteiger partial charge in [0, 0.05) is 26.2 Å². The standard InChI is InChI=1S/C25H30N6O2/c1-32-22-14-19-8-11-30-21(20(19)15-23(22)33-2)17-31-24(26-27-28-31)25(30)9-12-29(13-10-25)16-18-6-4-3-5-7-18/h3-7,14-15,21H,8-13,16-17H2,1-2H3. The van der Waals surface area contributed by atoms with E-state index in [9.17, 15) is 0 Å². The zero-order valence-corrected chi connectivity index (χ0v) is 19.3. The molecule has 4 heterocycles. The predicted octanol–water partition coefficient (Wildman–Crippen LogP) is 2.79. The summed E-state index contributed by atoms with van der Waals surface area (Å²) in [4.78, 5) is 5.25. The van der Waals surface area contributed by atoms with E-state index in [1.165, 1.54) is 16.7 Å².